The van der Waals surface area contributed by atoms with E-state index in [-0.39, 0.29) is 11.9 Å². The predicted octanol–water partition coefficient (Wildman–Crippen LogP) is 3.23. The van der Waals surface area contributed by atoms with Crippen molar-refractivity contribution in [1.82, 2.24) is 10.3 Å². The third kappa shape index (κ3) is 3.17. The van der Waals surface area contributed by atoms with Crippen LogP contribution in [0.1, 0.15) is 34.6 Å². The maximum absolute atomic E-state index is 12.3. The summed E-state index contributed by atoms with van der Waals surface area (Å²) in [6.45, 7) is 3.73. The van der Waals surface area contributed by atoms with Gasteiger partial charge in [0.2, 0.25) is 0 Å². The maximum atomic E-state index is 12.3. The molecule has 0 radical (unpaired) electrons. The number of benzene rings is 1. The van der Waals surface area contributed by atoms with Crippen LogP contribution < -0.4 is 11.1 Å². The lowest BCUT2D eigenvalue weighted by atomic mass is 10.1. The number of nitrogens with two attached hydrogens (primary N) is 1. The van der Waals surface area contributed by atoms with Crippen molar-refractivity contribution >= 4 is 27.5 Å². The molecule has 0 aliphatic carbocycles. The molecule has 20 heavy (non-hydrogen) atoms. The molecule has 0 aliphatic rings. The standard InChI is InChI=1S/C15H16BrN3O/c1-9-13(7-11(17)8-18-9)15(20)19-10(2)12-5-3-4-6-14(12)16/h3-8,10H,17H2,1-2H3,(H,19,20). The number of aromatic nitrogens is 1. The van der Waals surface area contributed by atoms with Crippen molar-refractivity contribution in [3.8, 4) is 0 Å². The van der Waals surface area contributed by atoms with Crippen LogP contribution in [0.5, 0.6) is 0 Å². The van der Waals surface area contributed by atoms with E-state index in [1.807, 2.05) is 31.2 Å². The average molecular weight is 334 g/mol. The summed E-state index contributed by atoms with van der Waals surface area (Å²) in [4.78, 5) is 16.4. The fourth-order valence-electron chi connectivity index (χ4n) is 1.96. The van der Waals surface area contributed by atoms with Crippen LogP contribution in [0.25, 0.3) is 0 Å². The van der Waals surface area contributed by atoms with Crippen molar-refractivity contribution in [2.45, 2.75) is 19.9 Å². The zero-order valence-electron chi connectivity index (χ0n) is 11.4. The number of hydrogen-bond donors (Lipinski definition) is 2. The number of aryl methyl sites for hydroxylation is 1. The fraction of sp³-hybridized carbons (Fsp3) is 0.200. The molecule has 1 aromatic carbocycles. The minimum absolute atomic E-state index is 0.112. The highest BCUT2D eigenvalue weighted by molar-refractivity contribution is 9.10. The predicted molar refractivity (Wildman–Crippen MR) is 83.4 cm³/mol. The van der Waals surface area contributed by atoms with Crippen molar-refractivity contribution in [3.05, 3.63) is 57.8 Å². The molecule has 2 aromatic rings. The molecule has 0 fully saturated rings. The highest BCUT2D eigenvalue weighted by Crippen LogP contribution is 2.23. The van der Waals surface area contributed by atoms with E-state index in [0.29, 0.717) is 16.9 Å². The van der Waals surface area contributed by atoms with Gasteiger partial charge < -0.3 is 11.1 Å². The Morgan fingerprint density at radius 2 is 2.10 bits per heavy atom. The summed E-state index contributed by atoms with van der Waals surface area (Å²) in [5, 5.41) is 2.96. The van der Waals surface area contributed by atoms with E-state index in [2.05, 4.69) is 26.2 Å². The zero-order valence-corrected chi connectivity index (χ0v) is 12.9. The number of amides is 1. The molecule has 0 bridgehead atoms. The largest absolute Gasteiger partial charge is 0.397 e. The van der Waals surface area contributed by atoms with Crippen molar-refractivity contribution in [2.75, 3.05) is 5.73 Å². The molecule has 0 aliphatic heterocycles. The van der Waals surface area contributed by atoms with Gasteiger partial charge >= 0.3 is 0 Å². The number of nitrogen functional groups attached to an aromatic ring is 1. The molecule has 104 valence electrons. The summed E-state index contributed by atoms with van der Waals surface area (Å²) >= 11 is 3.49. The lowest BCUT2D eigenvalue weighted by Gasteiger charge is -2.16. The van der Waals surface area contributed by atoms with Crippen LogP contribution in [-0.2, 0) is 0 Å². The van der Waals surface area contributed by atoms with Gasteiger partial charge in [0.15, 0.2) is 0 Å². The fourth-order valence-corrected chi connectivity index (χ4v) is 2.59. The molecule has 1 aromatic heterocycles. The Morgan fingerprint density at radius 1 is 1.40 bits per heavy atom. The molecule has 1 unspecified atom stereocenters. The van der Waals surface area contributed by atoms with E-state index < -0.39 is 0 Å². The van der Waals surface area contributed by atoms with Gasteiger partial charge in [0.25, 0.3) is 5.91 Å². The maximum Gasteiger partial charge on any atom is 0.253 e. The molecule has 0 saturated heterocycles. The summed E-state index contributed by atoms with van der Waals surface area (Å²) in [6.07, 6.45) is 1.54. The van der Waals surface area contributed by atoms with Crippen LogP contribution in [0.3, 0.4) is 0 Å². The number of nitrogens with one attached hydrogen (secondary N) is 1. The second-order valence-corrected chi connectivity index (χ2v) is 5.47. The molecule has 1 atom stereocenters. The van der Waals surface area contributed by atoms with Crippen LogP contribution >= 0.6 is 15.9 Å². The van der Waals surface area contributed by atoms with E-state index in [9.17, 15) is 4.79 Å². The first-order valence-corrected chi connectivity index (χ1v) is 7.05. The van der Waals surface area contributed by atoms with Crippen LogP contribution in [0, 0.1) is 6.92 Å². The monoisotopic (exact) mass is 333 g/mol. The number of halogens is 1. The molecule has 0 spiro atoms. The number of pyridine rings is 1. The van der Waals surface area contributed by atoms with Gasteiger partial charge in [0, 0.05) is 4.47 Å². The van der Waals surface area contributed by atoms with E-state index in [4.69, 9.17) is 5.73 Å². The number of anilines is 1. The van der Waals surface area contributed by atoms with E-state index in [1.54, 1.807) is 19.2 Å². The van der Waals surface area contributed by atoms with Crippen LogP contribution in [0.15, 0.2) is 41.0 Å². The van der Waals surface area contributed by atoms with Gasteiger partial charge in [-0.05, 0) is 31.5 Å². The van der Waals surface area contributed by atoms with Crippen LogP contribution in [-0.4, -0.2) is 10.9 Å². The highest BCUT2D eigenvalue weighted by atomic mass is 79.9. The zero-order chi connectivity index (χ0) is 14.7. The number of rotatable bonds is 3. The van der Waals surface area contributed by atoms with E-state index >= 15 is 0 Å². The Hall–Kier alpha value is -1.88. The molecular weight excluding hydrogens is 318 g/mol. The lowest BCUT2D eigenvalue weighted by Crippen LogP contribution is -2.27. The second-order valence-electron chi connectivity index (χ2n) is 4.62. The summed E-state index contributed by atoms with van der Waals surface area (Å²) in [5.41, 5.74) is 8.35. The molecule has 1 heterocycles. The van der Waals surface area contributed by atoms with E-state index in [0.717, 1.165) is 10.0 Å². The molecule has 1 amide bonds. The first-order valence-electron chi connectivity index (χ1n) is 6.26. The smallest absolute Gasteiger partial charge is 0.253 e. The van der Waals surface area contributed by atoms with Crippen molar-refractivity contribution in [1.29, 1.82) is 0 Å². The third-order valence-corrected chi connectivity index (χ3v) is 3.79. The topological polar surface area (TPSA) is 68.0 Å². The molecule has 3 N–H and O–H groups in total. The van der Waals surface area contributed by atoms with Gasteiger partial charge in [-0.25, -0.2) is 0 Å². The van der Waals surface area contributed by atoms with Gasteiger partial charge in [-0.2, -0.15) is 0 Å². The van der Waals surface area contributed by atoms with Gasteiger partial charge in [-0.15, -0.1) is 0 Å². The molecular formula is C15H16BrN3O. The summed E-state index contributed by atoms with van der Waals surface area (Å²) in [5.74, 6) is -0.175. The Kier molecular flexibility index (Phi) is 4.39. The normalized spacial score (nSPS) is 11.9. The number of hydrogen-bond acceptors (Lipinski definition) is 3. The SMILES string of the molecule is Cc1ncc(N)cc1C(=O)NC(C)c1ccccc1Br. The molecule has 5 heteroatoms. The Labute approximate surface area is 126 Å². The van der Waals surface area contributed by atoms with Gasteiger partial charge in [0.05, 0.1) is 29.2 Å². The average Bonchev–Trinajstić information content (AvgIpc) is 2.41. The van der Waals surface area contributed by atoms with Crippen molar-refractivity contribution < 1.29 is 4.79 Å². The summed E-state index contributed by atoms with van der Waals surface area (Å²) in [7, 11) is 0. The quantitative estimate of drug-likeness (QED) is 0.906. The Morgan fingerprint density at radius 3 is 2.80 bits per heavy atom. The first kappa shape index (κ1) is 14.5. The Balaban J connectivity index is 2.20. The molecule has 0 saturated carbocycles. The number of nitrogens with zero attached hydrogens (tertiary/aromatic N) is 1. The van der Waals surface area contributed by atoms with Crippen LogP contribution in [0.2, 0.25) is 0 Å². The van der Waals surface area contributed by atoms with Gasteiger partial charge in [-0.3, -0.25) is 9.78 Å². The Bertz CT molecular complexity index is 643. The van der Waals surface area contributed by atoms with Gasteiger partial charge in [0.1, 0.15) is 0 Å². The minimum Gasteiger partial charge on any atom is -0.397 e. The summed E-state index contributed by atoms with van der Waals surface area (Å²) < 4.78 is 0.968. The first-order chi connectivity index (χ1) is 9.49. The molecule has 4 nitrogen and oxygen atoms in total. The number of carbonyl (C=O) groups is 1. The minimum atomic E-state index is -0.175. The highest BCUT2D eigenvalue weighted by Gasteiger charge is 2.15. The third-order valence-electron chi connectivity index (χ3n) is 3.07. The number of carbonyl (C=O) groups excluding carboxylic acids is 1. The van der Waals surface area contributed by atoms with Crippen molar-refractivity contribution in [3.63, 3.8) is 0 Å². The second kappa shape index (κ2) is 6.05. The molecule has 2 rings (SSSR count). The van der Waals surface area contributed by atoms with Crippen LogP contribution in [0.4, 0.5) is 5.69 Å². The van der Waals surface area contributed by atoms with E-state index in [1.165, 1.54) is 0 Å². The lowest BCUT2D eigenvalue weighted by molar-refractivity contribution is 0.0939. The van der Waals surface area contributed by atoms with Gasteiger partial charge in [-0.1, -0.05) is 34.1 Å². The summed E-state index contributed by atoms with van der Waals surface area (Å²) in [6, 6.07) is 9.33. The van der Waals surface area contributed by atoms with Crippen molar-refractivity contribution in [2.24, 2.45) is 0 Å².